The number of nitrogens with zero attached hydrogens (tertiary/aromatic N) is 1. The van der Waals surface area contributed by atoms with Crippen LogP contribution in [0.5, 0.6) is 0 Å². The van der Waals surface area contributed by atoms with Gasteiger partial charge in [0.2, 0.25) is 5.91 Å². The zero-order chi connectivity index (χ0) is 14.0. The highest BCUT2D eigenvalue weighted by atomic mass is 32.1. The molecule has 0 aromatic carbocycles. The van der Waals surface area contributed by atoms with Crippen molar-refractivity contribution in [2.45, 2.75) is 39.5 Å². The van der Waals surface area contributed by atoms with Crippen molar-refractivity contribution in [1.82, 2.24) is 4.98 Å². The third-order valence-corrected chi connectivity index (χ3v) is 4.54. The maximum Gasteiger partial charge on any atom is 0.306 e. The van der Waals surface area contributed by atoms with Crippen LogP contribution in [0.25, 0.3) is 0 Å². The van der Waals surface area contributed by atoms with Crippen LogP contribution in [0, 0.1) is 18.8 Å². The Labute approximate surface area is 116 Å². The summed E-state index contributed by atoms with van der Waals surface area (Å²) in [5, 5.41) is 12.4. The van der Waals surface area contributed by atoms with Gasteiger partial charge < -0.3 is 10.4 Å². The molecule has 1 saturated carbocycles. The van der Waals surface area contributed by atoms with E-state index in [1.54, 1.807) is 0 Å². The first-order valence-electron chi connectivity index (χ1n) is 6.51. The van der Waals surface area contributed by atoms with Gasteiger partial charge in [-0.05, 0) is 32.6 Å². The van der Waals surface area contributed by atoms with Gasteiger partial charge in [-0.2, -0.15) is 0 Å². The van der Waals surface area contributed by atoms with E-state index in [0.29, 0.717) is 24.4 Å². The third-order valence-electron chi connectivity index (χ3n) is 3.61. The van der Waals surface area contributed by atoms with Crippen LogP contribution in [-0.2, 0) is 16.0 Å². The SMILES string of the molecule is CCc1nc(NC(=O)[C@@H]2CC[C@H](C(=O)O)C2)sc1C. The Balaban J connectivity index is 1.96. The minimum absolute atomic E-state index is 0.0971. The van der Waals surface area contributed by atoms with Gasteiger partial charge in [-0.15, -0.1) is 11.3 Å². The molecule has 2 N–H and O–H groups in total. The minimum Gasteiger partial charge on any atom is -0.481 e. The van der Waals surface area contributed by atoms with E-state index in [1.807, 2.05) is 13.8 Å². The van der Waals surface area contributed by atoms with Crippen LogP contribution in [0.3, 0.4) is 0 Å². The van der Waals surface area contributed by atoms with E-state index < -0.39 is 5.97 Å². The molecule has 2 atom stereocenters. The molecule has 19 heavy (non-hydrogen) atoms. The number of aliphatic carboxylic acids is 1. The van der Waals surface area contributed by atoms with Crippen molar-refractivity contribution >= 4 is 28.3 Å². The summed E-state index contributed by atoms with van der Waals surface area (Å²) in [6, 6.07) is 0. The molecule has 0 radical (unpaired) electrons. The lowest BCUT2D eigenvalue weighted by atomic mass is 10.0. The molecule has 1 heterocycles. The van der Waals surface area contributed by atoms with Crippen molar-refractivity contribution in [3.8, 4) is 0 Å². The van der Waals surface area contributed by atoms with Gasteiger partial charge in [-0.25, -0.2) is 4.98 Å². The Morgan fingerprint density at radius 2 is 2.11 bits per heavy atom. The van der Waals surface area contributed by atoms with Crippen LogP contribution in [0.1, 0.15) is 36.8 Å². The molecule has 1 aromatic rings. The lowest BCUT2D eigenvalue weighted by Gasteiger charge is -2.08. The lowest BCUT2D eigenvalue weighted by molar-refractivity contribution is -0.141. The van der Waals surface area contributed by atoms with Crippen molar-refractivity contribution < 1.29 is 14.7 Å². The van der Waals surface area contributed by atoms with Gasteiger partial charge in [0, 0.05) is 10.8 Å². The Morgan fingerprint density at radius 1 is 1.42 bits per heavy atom. The number of rotatable bonds is 4. The van der Waals surface area contributed by atoms with Crippen LogP contribution in [0.2, 0.25) is 0 Å². The summed E-state index contributed by atoms with van der Waals surface area (Å²) in [5.41, 5.74) is 1.01. The molecule has 1 aliphatic rings. The highest BCUT2D eigenvalue weighted by Crippen LogP contribution is 2.32. The van der Waals surface area contributed by atoms with Gasteiger partial charge in [-0.1, -0.05) is 6.92 Å². The zero-order valence-electron chi connectivity index (χ0n) is 11.1. The van der Waals surface area contributed by atoms with Gasteiger partial charge in [0.15, 0.2) is 5.13 Å². The second-order valence-corrected chi connectivity index (χ2v) is 6.11. The Morgan fingerprint density at radius 3 is 2.63 bits per heavy atom. The first-order chi connectivity index (χ1) is 9.01. The highest BCUT2D eigenvalue weighted by molar-refractivity contribution is 7.15. The maximum atomic E-state index is 12.1. The minimum atomic E-state index is -0.798. The molecule has 5 nitrogen and oxygen atoms in total. The predicted octanol–water partition coefficient (Wildman–Crippen LogP) is 2.45. The highest BCUT2D eigenvalue weighted by Gasteiger charge is 2.34. The number of amides is 1. The molecule has 0 aliphatic heterocycles. The molecule has 0 saturated heterocycles. The number of carbonyl (C=O) groups is 2. The maximum absolute atomic E-state index is 12.1. The van der Waals surface area contributed by atoms with E-state index in [0.717, 1.165) is 17.0 Å². The molecule has 0 unspecified atom stereocenters. The van der Waals surface area contributed by atoms with Crippen molar-refractivity contribution in [1.29, 1.82) is 0 Å². The fourth-order valence-electron chi connectivity index (χ4n) is 2.46. The largest absolute Gasteiger partial charge is 0.481 e. The second kappa shape index (κ2) is 5.69. The summed E-state index contributed by atoms with van der Waals surface area (Å²) in [4.78, 5) is 28.4. The number of carboxylic acid groups (broad SMARTS) is 1. The number of aryl methyl sites for hydroxylation is 2. The van der Waals surface area contributed by atoms with Crippen LogP contribution in [-0.4, -0.2) is 22.0 Å². The first kappa shape index (κ1) is 14.0. The molecule has 1 fully saturated rings. The van der Waals surface area contributed by atoms with Gasteiger partial charge in [0.1, 0.15) is 0 Å². The van der Waals surface area contributed by atoms with Gasteiger partial charge in [-0.3, -0.25) is 9.59 Å². The molecule has 1 aromatic heterocycles. The average molecular weight is 282 g/mol. The van der Waals surface area contributed by atoms with E-state index in [1.165, 1.54) is 11.3 Å². The van der Waals surface area contributed by atoms with Gasteiger partial charge in [0.05, 0.1) is 11.6 Å². The summed E-state index contributed by atoms with van der Waals surface area (Å²) in [7, 11) is 0. The standard InChI is InChI=1S/C13H18N2O3S/c1-3-10-7(2)19-13(14-10)15-11(16)8-4-5-9(6-8)12(17)18/h8-9H,3-6H2,1-2H3,(H,17,18)(H,14,15,16)/t8-,9+/m1/s1. The van der Waals surface area contributed by atoms with Gasteiger partial charge in [0.25, 0.3) is 0 Å². The smallest absolute Gasteiger partial charge is 0.306 e. The first-order valence-corrected chi connectivity index (χ1v) is 7.32. The number of carbonyl (C=O) groups excluding carboxylic acids is 1. The molecular weight excluding hydrogens is 264 g/mol. The van der Waals surface area contributed by atoms with E-state index >= 15 is 0 Å². The van der Waals surface area contributed by atoms with Crippen LogP contribution in [0.4, 0.5) is 5.13 Å². The van der Waals surface area contributed by atoms with Crippen molar-refractivity contribution in [3.63, 3.8) is 0 Å². The van der Waals surface area contributed by atoms with E-state index in [9.17, 15) is 9.59 Å². The average Bonchev–Trinajstić information content (AvgIpc) is 2.95. The lowest BCUT2D eigenvalue weighted by Crippen LogP contribution is -2.21. The number of hydrogen-bond acceptors (Lipinski definition) is 4. The summed E-state index contributed by atoms with van der Waals surface area (Å²) >= 11 is 1.47. The molecule has 6 heteroatoms. The topological polar surface area (TPSA) is 79.3 Å². The number of thiazole rings is 1. The molecule has 104 valence electrons. The normalized spacial score (nSPS) is 22.4. The summed E-state index contributed by atoms with van der Waals surface area (Å²) in [5.74, 6) is -1.47. The quantitative estimate of drug-likeness (QED) is 0.889. The van der Waals surface area contributed by atoms with Crippen molar-refractivity contribution in [2.24, 2.45) is 11.8 Å². The molecular formula is C13H18N2O3S. The van der Waals surface area contributed by atoms with Crippen molar-refractivity contribution in [3.05, 3.63) is 10.6 Å². The fourth-order valence-corrected chi connectivity index (χ4v) is 3.37. The van der Waals surface area contributed by atoms with Crippen LogP contribution in [0.15, 0.2) is 0 Å². The number of carboxylic acids is 1. The monoisotopic (exact) mass is 282 g/mol. The Bertz CT molecular complexity index is 498. The number of anilines is 1. The molecule has 1 aliphatic carbocycles. The zero-order valence-corrected chi connectivity index (χ0v) is 11.9. The Kier molecular flexibility index (Phi) is 4.19. The van der Waals surface area contributed by atoms with Crippen LogP contribution >= 0.6 is 11.3 Å². The van der Waals surface area contributed by atoms with Crippen molar-refractivity contribution in [2.75, 3.05) is 5.32 Å². The fraction of sp³-hybridized carbons (Fsp3) is 0.615. The molecule has 0 bridgehead atoms. The Hall–Kier alpha value is -1.43. The summed E-state index contributed by atoms with van der Waals surface area (Å²) in [6.07, 6.45) is 2.52. The van der Waals surface area contributed by atoms with E-state index in [2.05, 4.69) is 10.3 Å². The summed E-state index contributed by atoms with van der Waals surface area (Å²) < 4.78 is 0. The molecule has 0 spiro atoms. The van der Waals surface area contributed by atoms with E-state index in [4.69, 9.17) is 5.11 Å². The number of aromatic nitrogens is 1. The number of nitrogens with one attached hydrogen (secondary N) is 1. The number of hydrogen-bond donors (Lipinski definition) is 2. The summed E-state index contributed by atoms with van der Waals surface area (Å²) in [6.45, 7) is 4.02. The van der Waals surface area contributed by atoms with Gasteiger partial charge >= 0.3 is 5.97 Å². The van der Waals surface area contributed by atoms with Crippen LogP contribution < -0.4 is 5.32 Å². The van der Waals surface area contributed by atoms with E-state index in [-0.39, 0.29) is 17.7 Å². The molecule has 1 amide bonds. The third kappa shape index (κ3) is 3.12. The predicted molar refractivity (Wildman–Crippen MR) is 73.3 cm³/mol. The second-order valence-electron chi connectivity index (χ2n) is 4.91. The molecule has 2 rings (SSSR count).